The van der Waals surface area contributed by atoms with Gasteiger partial charge in [-0.1, -0.05) is 53.6 Å². The third-order valence-electron chi connectivity index (χ3n) is 4.56. The molecule has 0 unspecified atom stereocenters. The number of hydrogen-bond acceptors (Lipinski definition) is 3. The van der Waals surface area contributed by atoms with Gasteiger partial charge in [0.2, 0.25) is 0 Å². The van der Waals surface area contributed by atoms with Crippen molar-refractivity contribution in [3.8, 4) is 0 Å². The predicted molar refractivity (Wildman–Crippen MR) is 104 cm³/mol. The monoisotopic (exact) mass is 375 g/mol. The summed E-state index contributed by atoms with van der Waals surface area (Å²) < 4.78 is 0. The number of amides is 2. The number of rotatable bonds is 3. The van der Waals surface area contributed by atoms with Crippen molar-refractivity contribution < 1.29 is 14.4 Å². The van der Waals surface area contributed by atoms with Crippen molar-refractivity contribution in [3.63, 3.8) is 0 Å². The number of halogens is 1. The summed E-state index contributed by atoms with van der Waals surface area (Å²) in [6, 6.07) is 18.4. The van der Waals surface area contributed by atoms with Gasteiger partial charge in [-0.05, 0) is 37.3 Å². The summed E-state index contributed by atoms with van der Waals surface area (Å²) in [7, 11) is 0. The zero-order valence-corrected chi connectivity index (χ0v) is 15.2. The zero-order chi connectivity index (χ0) is 19.1. The smallest absolute Gasteiger partial charge is 0.266 e. The Morgan fingerprint density at radius 1 is 0.815 bits per heavy atom. The molecule has 0 N–H and O–H groups in total. The van der Waals surface area contributed by atoms with Crippen molar-refractivity contribution in [2.45, 2.75) is 6.92 Å². The number of fused-ring (bicyclic) bond motifs is 1. The van der Waals surface area contributed by atoms with E-state index in [1.165, 1.54) is 12.1 Å². The number of anilines is 1. The molecule has 0 bridgehead atoms. The second kappa shape index (κ2) is 6.49. The van der Waals surface area contributed by atoms with Crippen molar-refractivity contribution in [1.82, 2.24) is 0 Å². The molecule has 3 aromatic rings. The number of imide groups is 1. The molecule has 4 rings (SSSR count). The van der Waals surface area contributed by atoms with Crippen LogP contribution < -0.4 is 4.90 Å². The van der Waals surface area contributed by atoms with E-state index in [2.05, 4.69) is 0 Å². The van der Waals surface area contributed by atoms with Gasteiger partial charge in [0.1, 0.15) is 0 Å². The Kier molecular flexibility index (Phi) is 4.13. The van der Waals surface area contributed by atoms with E-state index in [1.807, 2.05) is 19.1 Å². The Morgan fingerprint density at radius 2 is 1.37 bits per heavy atom. The van der Waals surface area contributed by atoms with Crippen LogP contribution in [-0.2, 0) is 0 Å². The number of carbonyl (C=O) groups excluding carboxylic acids is 3. The maximum absolute atomic E-state index is 12.8. The predicted octanol–water partition coefficient (Wildman–Crippen LogP) is 4.68. The first-order chi connectivity index (χ1) is 13.0. The molecule has 1 aliphatic rings. The van der Waals surface area contributed by atoms with Gasteiger partial charge in [-0.15, -0.1) is 0 Å². The van der Waals surface area contributed by atoms with Crippen molar-refractivity contribution in [1.29, 1.82) is 0 Å². The summed E-state index contributed by atoms with van der Waals surface area (Å²) in [6.45, 7) is 1.94. The lowest BCUT2D eigenvalue weighted by atomic mass is 10.0. The molecule has 0 aliphatic carbocycles. The minimum Gasteiger partial charge on any atom is -0.289 e. The van der Waals surface area contributed by atoms with Crippen LogP contribution in [0.25, 0.3) is 0 Å². The number of aryl methyl sites for hydroxylation is 1. The van der Waals surface area contributed by atoms with Gasteiger partial charge in [0.15, 0.2) is 5.78 Å². The maximum atomic E-state index is 12.8. The van der Waals surface area contributed by atoms with Gasteiger partial charge in [0.05, 0.1) is 21.8 Å². The summed E-state index contributed by atoms with van der Waals surface area (Å²) in [4.78, 5) is 39.2. The van der Waals surface area contributed by atoms with Crippen molar-refractivity contribution in [2.75, 3.05) is 4.90 Å². The molecule has 1 heterocycles. The van der Waals surface area contributed by atoms with Crippen molar-refractivity contribution >= 4 is 34.9 Å². The Labute approximate surface area is 161 Å². The standard InChI is InChI=1S/C22H14ClNO3/c1-13-6-8-14(9-7-13)20(25)15-10-11-18(23)19(12-15)24-21(26)16-4-2-3-5-17(16)22(24)27/h2-12H,1H3. The van der Waals surface area contributed by atoms with E-state index in [1.54, 1.807) is 42.5 Å². The minimum absolute atomic E-state index is 0.204. The molecule has 0 atom stereocenters. The van der Waals surface area contributed by atoms with Gasteiger partial charge in [-0.3, -0.25) is 14.4 Å². The highest BCUT2D eigenvalue weighted by atomic mass is 35.5. The highest BCUT2D eigenvalue weighted by Gasteiger charge is 2.37. The second-order valence-electron chi connectivity index (χ2n) is 6.35. The summed E-state index contributed by atoms with van der Waals surface area (Å²) in [5, 5.41) is 0.227. The third-order valence-corrected chi connectivity index (χ3v) is 4.88. The highest BCUT2D eigenvalue weighted by molar-refractivity contribution is 6.40. The number of carbonyl (C=O) groups is 3. The first kappa shape index (κ1) is 17.2. The molecular formula is C22H14ClNO3. The second-order valence-corrected chi connectivity index (χ2v) is 6.76. The van der Waals surface area contributed by atoms with Crippen molar-refractivity contribution in [2.24, 2.45) is 0 Å². The molecule has 132 valence electrons. The Balaban J connectivity index is 1.76. The molecule has 5 heteroatoms. The molecule has 0 radical (unpaired) electrons. The lowest BCUT2D eigenvalue weighted by molar-refractivity contribution is 0.0924. The van der Waals surface area contributed by atoms with Crippen LogP contribution in [-0.4, -0.2) is 17.6 Å². The molecule has 3 aromatic carbocycles. The Morgan fingerprint density at radius 3 is 1.96 bits per heavy atom. The Hall–Kier alpha value is -3.24. The van der Waals surface area contributed by atoms with E-state index in [9.17, 15) is 14.4 Å². The number of benzene rings is 3. The van der Waals surface area contributed by atoms with Crippen LogP contribution in [0.15, 0.2) is 66.7 Å². The van der Waals surface area contributed by atoms with E-state index < -0.39 is 11.8 Å². The fourth-order valence-electron chi connectivity index (χ4n) is 3.10. The number of hydrogen-bond donors (Lipinski definition) is 0. The van der Waals surface area contributed by atoms with Gasteiger partial charge in [0, 0.05) is 11.1 Å². The van der Waals surface area contributed by atoms with E-state index in [-0.39, 0.29) is 16.5 Å². The molecule has 0 fully saturated rings. The summed E-state index contributed by atoms with van der Waals surface area (Å²) in [5.74, 6) is -1.10. The van der Waals surface area contributed by atoms with Gasteiger partial charge >= 0.3 is 0 Å². The van der Waals surface area contributed by atoms with E-state index in [0.29, 0.717) is 22.3 Å². The van der Waals surface area contributed by atoms with E-state index in [4.69, 9.17) is 11.6 Å². The topological polar surface area (TPSA) is 54.5 Å². The average Bonchev–Trinajstić information content (AvgIpc) is 2.93. The van der Waals surface area contributed by atoms with E-state index in [0.717, 1.165) is 10.5 Å². The normalized spacial score (nSPS) is 13.0. The quantitative estimate of drug-likeness (QED) is 0.493. The molecule has 27 heavy (non-hydrogen) atoms. The zero-order valence-electron chi connectivity index (χ0n) is 14.4. The SMILES string of the molecule is Cc1ccc(C(=O)c2ccc(Cl)c(N3C(=O)c4ccccc4C3=O)c2)cc1. The number of nitrogens with zero attached hydrogens (tertiary/aromatic N) is 1. The van der Waals surface area contributed by atoms with E-state index >= 15 is 0 Å². The Bertz CT molecular complexity index is 1070. The lowest BCUT2D eigenvalue weighted by Gasteiger charge is -2.16. The van der Waals surface area contributed by atoms with Gasteiger partial charge < -0.3 is 0 Å². The van der Waals surface area contributed by atoms with Gasteiger partial charge in [0.25, 0.3) is 11.8 Å². The van der Waals surface area contributed by atoms with Crippen LogP contribution in [0, 0.1) is 6.92 Å². The average molecular weight is 376 g/mol. The molecular weight excluding hydrogens is 362 g/mol. The lowest BCUT2D eigenvalue weighted by Crippen LogP contribution is -2.29. The molecule has 2 amide bonds. The van der Waals surface area contributed by atoms with Crippen LogP contribution in [0.5, 0.6) is 0 Å². The van der Waals surface area contributed by atoms with Crippen LogP contribution in [0.2, 0.25) is 5.02 Å². The van der Waals surface area contributed by atoms with Gasteiger partial charge in [-0.2, -0.15) is 0 Å². The largest absolute Gasteiger partial charge is 0.289 e. The fourth-order valence-corrected chi connectivity index (χ4v) is 3.31. The first-order valence-corrected chi connectivity index (χ1v) is 8.74. The summed E-state index contributed by atoms with van der Waals surface area (Å²) >= 11 is 6.26. The van der Waals surface area contributed by atoms with Crippen LogP contribution in [0.1, 0.15) is 42.2 Å². The molecule has 0 saturated carbocycles. The van der Waals surface area contributed by atoms with Crippen LogP contribution in [0.4, 0.5) is 5.69 Å². The molecule has 0 saturated heterocycles. The maximum Gasteiger partial charge on any atom is 0.266 e. The fraction of sp³-hybridized carbons (Fsp3) is 0.0455. The van der Waals surface area contributed by atoms with Crippen LogP contribution in [0.3, 0.4) is 0 Å². The summed E-state index contributed by atoms with van der Waals surface area (Å²) in [5.41, 5.74) is 2.80. The molecule has 4 nitrogen and oxygen atoms in total. The van der Waals surface area contributed by atoms with Gasteiger partial charge in [-0.25, -0.2) is 4.90 Å². The third kappa shape index (κ3) is 2.84. The first-order valence-electron chi connectivity index (χ1n) is 8.36. The molecule has 0 spiro atoms. The number of ketones is 1. The van der Waals surface area contributed by atoms with Crippen molar-refractivity contribution in [3.05, 3.63) is 99.6 Å². The molecule has 1 aliphatic heterocycles. The highest BCUT2D eigenvalue weighted by Crippen LogP contribution is 2.34. The minimum atomic E-state index is -0.447. The van der Waals surface area contributed by atoms with Crippen LogP contribution >= 0.6 is 11.6 Å². The summed E-state index contributed by atoms with van der Waals surface area (Å²) in [6.07, 6.45) is 0. The molecule has 0 aromatic heterocycles.